The Morgan fingerprint density at radius 3 is 1.36 bits per heavy atom. The molecule has 58 heavy (non-hydrogen) atoms. The molecule has 0 fully saturated rings. The van der Waals surface area contributed by atoms with Gasteiger partial charge < -0.3 is 9.64 Å². The van der Waals surface area contributed by atoms with E-state index in [2.05, 4.69) is 241 Å². The summed E-state index contributed by atoms with van der Waals surface area (Å²) in [6, 6.07) is 86.6. The molecule has 0 aliphatic carbocycles. The molecule has 0 atom stereocenters. The fourth-order valence-electron chi connectivity index (χ4n) is 9.45. The highest BCUT2D eigenvalue weighted by Crippen LogP contribution is 2.80. The fraction of sp³-hybridized carbons (Fsp3) is 0.0182. The molecule has 0 unspecified atom stereocenters. The normalized spacial score (nSPS) is 14.5. The molecule has 0 bridgehead atoms. The van der Waals surface area contributed by atoms with Gasteiger partial charge in [0, 0.05) is 47.8 Å². The van der Waals surface area contributed by atoms with Crippen LogP contribution in [0.2, 0.25) is 0 Å². The highest BCUT2D eigenvalue weighted by atomic mass is 32.3. The number of para-hydroxylation sites is 3. The van der Waals surface area contributed by atoms with E-state index >= 15 is 0 Å². The lowest BCUT2D eigenvalue weighted by Crippen LogP contribution is -2.39. The Bertz CT molecular complexity index is 2830. The zero-order chi connectivity index (χ0) is 38.5. The van der Waals surface area contributed by atoms with E-state index in [1.54, 1.807) is 0 Å². The van der Waals surface area contributed by atoms with Crippen molar-refractivity contribution in [3.63, 3.8) is 0 Å². The second-order valence-corrected chi connectivity index (χ2v) is 17.9. The maximum Gasteiger partial charge on any atom is 0.132 e. The molecule has 11 rings (SSSR count). The predicted octanol–water partition coefficient (Wildman–Crippen LogP) is 15.0. The molecule has 0 amide bonds. The van der Waals surface area contributed by atoms with Gasteiger partial charge in [-0.2, -0.15) is 0 Å². The van der Waals surface area contributed by atoms with Crippen LogP contribution >= 0.6 is 10.0 Å². The smallest absolute Gasteiger partial charge is 0.132 e. The first kappa shape index (κ1) is 34.2. The largest absolute Gasteiger partial charge is 0.457 e. The number of benzene rings is 9. The van der Waals surface area contributed by atoms with Crippen LogP contribution in [0.25, 0.3) is 11.1 Å². The third-order valence-electron chi connectivity index (χ3n) is 11.8. The van der Waals surface area contributed by atoms with Crippen LogP contribution in [-0.4, -0.2) is 0 Å². The Morgan fingerprint density at radius 2 is 0.759 bits per heavy atom. The predicted molar refractivity (Wildman–Crippen MR) is 238 cm³/mol. The van der Waals surface area contributed by atoms with E-state index < -0.39 is 15.4 Å². The van der Waals surface area contributed by atoms with Crippen LogP contribution in [0.15, 0.2) is 256 Å². The second kappa shape index (κ2) is 13.8. The average molecular weight is 762 g/mol. The molecule has 2 nitrogen and oxygen atoms in total. The SMILES string of the molecule is c1ccc(-c2ccc(N(c3ccccc3)c3ccc4c(c3)C3(c5ccccc5Oc5ccccc53)c3ccccc3S4(c3ccccc3)c3ccccc3)cc2)cc1. The fourth-order valence-corrected chi connectivity index (χ4v) is 13.8. The van der Waals surface area contributed by atoms with Crippen molar-refractivity contribution in [3.8, 4) is 22.6 Å². The van der Waals surface area contributed by atoms with Crippen LogP contribution in [0.3, 0.4) is 0 Å². The molecule has 3 heteroatoms. The van der Waals surface area contributed by atoms with E-state index in [9.17, 15) is 0 Å². The Hall–Kier alpha value is -7.07. The van der Waals surface area contributed by atoms with Crippen molar-refractivity contribution >= 4 is 27.1 Å². The molecule has 9 aromatic rings. The summed E-state index contributed by atoms with van der Waals surface area (Å²) in [6.45, 7) is 0. The summed E-state index contributed by atoms with van der Waals surface area (Å²) >= 11 is 0. The van der Waals surface area contributed by atoms with E-state index in [1.807, 2.05) is 0 Å². The quantitative estimate of drug-likeness (QED) is 0.167. The van der Waals surface area contributed by atoms with Gasteiger partial charge in [-0.25, -0.2) is 0 Å². The molecule has 1 spiro atoms. The lowest BCUT2D eigenvalue weighted by Gasteiger charge is -2.54. The molecule has 2 aliphatic heterocycles. The number of rotatable bonds is 6. The summed E-state index contributed by atoms with van der Waals surface area (Å²) in [6.07, 6.45) is 0. The van der Waals surface area contributed by atoms with Gasteiger partial charge in [0.05, 0.1) is 5.41 Å². The van der Waals surface area contributed by atoms with Crippen LogP contribution in [0, 0.1) is 0 Å². The van der Waals surface area contributed by atoms with Crippen molar-refractivity contribution in [2.45, 2.75) is 25.0 Å². The summed E-state index contributed by atoms with van der Waals surface area (Å²) in [4.78, 5) is 7.69. The minimum Gasteiger partial charge on any atom is -0.457 e. The first-order valence-electron chi connectivity index (χ1n) is 19.8. The molecule has 276 valence electrons. The molecule has 0 aromatic heterocycles. The number of nitrogens with zero attached hydrogens (tertiary/aromatic N) is 1. The van der Waals surface area contributed by atoms with Crippen molar-refractivity contribution in [1.82, 2.24) is 0 Å². The molecular weight excluding hydrogens is 723 g/mol. The number of hydrogen-bond acceptors (Lipinski definition) is 2. The van der Waals surface area contributed by atoms with Crippen LogP contribution < -0.4 is 9.64 Å². The Morgan fingerprint density at radius 1 is 0.328 bits per heavy atom. The highest BCUT2D eigenvalue weighted by Gasteiger charge is 2.55. The zero-order valence-electron chi connectivity index (χ0n) is 31.8. The first-order valence-corrected chi connectivity index (χ1v) is 21.5. The van der Waals surface area contributed by atoms with Crippen molar-refractivity contribution in [3.05, 3.63) is 259 Å². The third kappa shape index (κ3) is 5.07. The molecule has 0 saturated carbocycles. The molecule has 0 radical (unpaired) electrons. The molecule has 0 saturated heterocycles. The Balaban J connectivity index is 1.27. The third-order valence-corrected chi connectivity index (χ3v) is 15.8. The average Bonchev–Trinajstić information content (AvgIpc) is 3.31. The van der Waals surface area contributed by atoms with E-state index in [-0.39, 0.29) is 0 Å². The Kier molecular flexibility index (Phi) is 8.16. The lowest BCUT2D eigenvalue weighted by atomic mass is 9.63. The maximum absolute atomic E-state index is 6.82. The van der Waals surface area contributed by atoms with Crippen molar-refractivity contribution < 1.29 is 4.74 Å². The lowest BCUT2D eigenvalue weighted by molar-refractivity contribution is 0.431. The van der Waals surface area contributed by atoms with Crippen LogP contribution in [0.4, 0.5) is 17.1 Å². The topological polar surface area (TPSA) is 12.5 Å². The number of anilines is 3. The van der Waals surface area contributed by atoms with Crippen molar-refractivity contribution in [2.24, 2.45) is 0 Å². The molecule has 2 aliphatic rings. The Labute approximate surface area is 341 Å². The van der Waals surface area contributed by atoms with Gasteiger partial charge >= 0.3 is 0 Å². The van der Waals surface area contributed by atoms with Gasteiger partial charge in [-0.3, -0.25) is 0 Å². The van der Waals surface area contributed by atoms with Crippen LogP contribution in [0.5, 0.6) is 11.5 Å². The zero-order valence-corrected chi connectivity index (χ0v) is 32.6. The van der Waals surface area contributed by atoms with Gasteiger partial charge in [0.1, 0.15) is 11.5 Å². The summed E-state index contributed by atoms with van der Waals surface area (Å²) in [5.41, 5.74) is 9.81. The standard InChI is InChI=1S/C55H39NOS/c1-5-19-40(20-6-1)41-33-35-43(36-34-41)56(42-21-7-2-8-22-42)44-37-38-54-50(39-44)55(47-27-13-16-30-51(47)57-52-31-17-14-28-48(52)55)49-29-15-18-32-53(49)58(54,45-23-9-3-10-24-45)46-25-11-4-12-26-46/h1-39H. The monoisotopic (exact) mass is 761 g/mol. The summed E-state index contributed by atoms with van der Waals surface area (Å²) in [5, 5.41) is 0. The second-order valence-electron chi connectivity index (χ2n) is 14.8. The molecule has 2 heterocycles. The van der Waals surface area contributed by atoms with Gasteiger partial charge in [-0.15, -0.1) is 10.0 Å². The van der Waals surface area contributed by atoms with E-state index in [0.717, 1.165) is 39.7 Å². The van der Waals surface area contributed by atoms with E-state index in [1.165, 1.54) is 41.8 Å². The van der Waals surface area contributed by atoms with Crippen LogP contribution in [0.1, 0.15) is 22.3 Å². The highest BCUT2D eigenvalue weighted by molar-refractivity contribution is 8.34. The van der Waals surface area contributed by atoms with E-state index in [0.29, 0.717) is 0 Å². The van der Waals surface area contributed by atoms with Crippen molar-refractivity contribution in [1.29, 1.82) is 0 Å². The first-order chi connectivity index (χ1) is 28.8. The minimum absolute atomic E-state index is 0.688. The number of hydrogen-bond donors (Lipinski definition) is 0. The summed E-state index contributed by atoms with van der Waals surface area (Å²) < 4.78 is 6.82. The van der Waals surface area contributed by atoms with Crippen molar-refractivity contribution in [2.75, 3.05) is 4.90 Å². The van der Waals surface area contributed by atoms with Gasteiger partial charge in [0.25, 0.3) is 0 Å². The number of ether oxygens (including phenoxy) is 1. The summed E-state index contributed by atoms with van der Waals surface area (Å²) in [7, 11) is -2.02. The van der Waals surface area contributed by atoms with Crippen LogP contribution in [-0.2, 0) is 5.41 Å². The van der Waals surface area contributed by atoms with Gasteiger partial charge in [-0.1, -0.05) is 152 Å². The van der Waals surface area contributed by atoms with E-state index in [4.69, 9.17) is 4.74 Å². The minimum atomic E-state index is -2.02. The van der Waals surface area contributed by atoms with Gasteiger partial charge in [-0.05, 0) is 107 Å². The van der Waals surface area contributed by atoms with Gasteiger partial charge in [0.15, 0.2) is 0 Å². The van der Waals surface area contributed by atoms with Gasteiger partial charge in [0.2, 0.25) is 0 Å². The maximum atomic E-state index is 6.82. The molecule has 0 N–H and O–H groups in total. The number of fused-ring (bicyclic) bond motifs is 8. The molecular formula is C55H39NOS. The molecule has 9 aromatic carbocycles. The summed E-state index contributed by atoms with van der Waals surface area (Å²) in [5.74, 6) is 1.76.